The molecule has 1 N–H and O–H groups in total. The second-order valence-electron chi connectivity index (χ2n) is 4.83. The smallest absolute Gasteiger partial charge is 0.387 e. The summed E-state index contributed by atoms with van der Waals surface area (Å²) in [5.41, 5.74) is 0. The van der Waals surface area contributed by atoms with Crippen LogP contribution in [-0.2, 0) is 4.79 Å². The van der Waals surface area contributed by atoms with Crippen molar-refractivity contribution in [1.82, 2.24) is 4.90 Å². The Balaban J connectivity index is 2.09. The number of ether oxygens (including phenoxy) is 1. The number of thiophene rings is 1. The number of carboxylic acid groups (broad SMARTS) is 1. The van der Waals surface area contributed by atoms with Crippen molar-refractivity contribution in [3.63, 3.8) is 0 Å². The third kappa shape index (κ3) is 3.69. The maximum absolute atomic E-state index is 12.4. The number of alkyl halides is 2. The molecule has 5 nitrogen and oxygen atoms in total. The van der Waals surface area contributed by atoms with Gasteiger partial charge in [-0.3, -0.25) is 9.59 Å². The fraction of sp³-hybridized carbons (Fsp3) is 0.538. The fourth-order valence-electron chi connectivity index (χ4n) is 2.30. The quantitative estimate of drug-likeness (QED) is 0.926. The van der Waals surface area contributed by atoms with Crippen LogP contribution in [0.1, 0.15) is 27.4 Å². The van der Waals surface area contributed by atoms with Crippen molar-refractivity contribution in [3.05, 3.63) is 15.8 Å². The van der Waals surface area contributed by atoms with Crippen LogP contribution in [0.25, 0.3) is 0 Å². The molecule has 2 heterocycles. The predicted octanol–water partition coefficient (Wildman–Crippen LogP) is 2.59. The van der Waals surface area contributed by atoms with Crippen molar-refractivity contribution < 1.29 is 28.2 Å². The Morgan fingerprint density at radius 3 is 2.57 bits per heavy atom. The largest absolute Gasteiger partial charge is 0.481 e. The predicted molar refractivity (Wildman–Crippen MR) is 72.0 cm³/mol. The zero-order valence-electron chi connectivity index (χ0n) is 11.3. The topological polar surface area (TPSA) is 66.8 Å². The van der Waals surface area contributed by atoms with Crippen LogP contribution in [0.15, 0.2) is 6.07 Å². The van der Waals surface area contributed by atoms with E-state index in [4.69, 9.17) is 5.11 Å². The second kappa shape index (κ2) is 6.38. The van der Waals surface area contributed by atoms with Crippen molar-refractivity contribution in [2.24, 2.45) is 5.92 Å². The lowest BCUT2D eigenvalue weighted by atomic mass is 9.97. The molecule has 1 aromatic heterocycles. The molecule has 0 saturated carbocycles. The molecular weight excluding hydrogens is 304 g/mol. The molecule has 0 unspecified atom stereocenters. The molecule has 1 saturated heterocycles. The molecule has 21 heavy (non-hydrogen) atoms. The van der Waals surface area contributed by atoms with Crippen LogP contribution in [-0.4, -0.2) is 41.6 Å². The molecule has 0 spiro atoms. The van der Waals surface area contributed by atoms with Gasteiger partial charge in [-0.2, -0.15) is 8.78 Å². The molecule has 1 aromatic rings. The monoisotopic (exact) mass is 319 g/mol. The zero-order chi connectivity index (χ0) is 15.6. The standard InChI is InChI=1S/C13H15F2NO4S/c1-7-6-9(20-13(14)15)10(21-7)11(17)16-4-2-8(3-5-16)12(18)19/h6,8,13H,2-5H2,1H3,(H,18,19). The molecule has 1 aliphatic heterocycles. The van der Waals surface area contributed by atoms with Gasteiger partial charge in [-0.25, -0.2) is 0 Å². The van der Waals surface area contributed by atoms with E-state index in [2.05, 4.69) is 4.74 Å². The zero-order valence-corrected chi connectivity index (χ0v) is 12.2. The van der Waals surface area contributed by atoms with Crippen molar-refractivity contribution in [2.75, 3.05) is 13.1 Å². The summed E-state index contributed by atoms with van der Waals surface area (Å²) in [7, 11) is 0. The van der Waals surface area contributed by atoms with Crippen LogP contribution < -0.4 is 4.74 Å². The van der Waals surface area contributed by atoms with Crippen molar-refractivity contribution in [3.8, 4) is 5.75 Å². The molecule has 1 fully saturated rings. The number of carboxylic acids is 1. The number of nitrogens with zero attached hydrogens (tertiary/aromatic N) is 1. The van der Waals surface area contributed by atoms with Crippen LogP contribution in [0.3, 0.4) is 0 Å². The molecule has 0 bridgehead atoms. The molecule has 0 atom stereocenters. The molecule has 0 radical (unpaired) electrons. The first-order chi connectivity index (χ1) is 9.88. The van der Waals surface area contributed by atoms with Gasteiger partial charge < -0.3 is 14.7 Å². The molecule has 116 valence electrons. The lowest BCUT2D eigenvalue weighted by Gasteiger charge is -2.29. The Hall–Kier alpha value is -1.70. The summed E-state index contributed by atoms with van der Waals surface area (Å²) in [5.74, 6) is -1.81. The van der Waals surface area contributed by atoms with Crippen molar-refractivity contribution in [1.29, 1.82) is 0 Å². The fourth-order valence-corrected chi connectivity index (χ4v) is 3.21. The summed E-state index contributed by atoms with van der Waals surface area (Å²) in [6.07, 6.45) is 0.743. The highest BCUT2D eigenvalue weighted by atomic mass is 32.1. The maximum Gasteiger partial charge on any atom is 0.387 e. The minimum Gasteiger partial charge on any atom is -0.481 e. The highest BCUT2D eigenvalue weighted by Gasteiger charge is 2.30. The van der Waals surface area contributed by atoms with E-state index in [-0.39, 0.29) is 16.5 Å². The first kappa shape index (κ1) is 15.7. The van der Waals surface area contributed by atoms with Gasteiger partial charge in [0.15, 0.2) is 0 Å². The second-order valence-corrected chi connectivity index (χ2v) is 6.09. The maximum atomic E-state index is 12.4. The SMILES string of the molecule is Cc1cc(OC(F)F)c(C(=O)N2CCC(C(=O)O)CC2)s1. The number of hydrogen-bond donors (Lipinski definition) is 1. The number of carbonyl (C=O) groups is 2. The summed E-state index contributed by atoms with van der Waals surface area (Å²) >= 11 is 1.10. The van der Waals surface area contributed by atoms with Gasteiger partial charge in [0.05, 0.1) is 5.92 Å². The van der Waals surface area contributed by atoms with Crippen LogP contribution in [0.2, 0.25) is 0 Å². The Morgan fingerprint density at radius 1 is 1.43 bits per heavy atom. The number of aryl methyl sites for hydroxylation is 1. The van der Waals surface area contributed by atoms with E-state index < -0.39 is 18.5 Å². The van der Waals surface area contributed by atoms with Crippen molar-refractivity contribution >= 4 is 23.2 Å². The number of piperidine rings is 1. The number of rotatable bonds is 4. The number of hydrogen-bond acceptors (Lipinski definition) is 4. The van der Waals surface area contributed by atoms with Gasteiger partial charge in [-0.1, -0.05) is 0 Å². The molecule has 0 aromatic carbocycles. The third-order valence-electron chi connectivity index (χ3n) is 3.36. The summed E-state index contributed by atoms with van der Waals surface area (Å²) in [6.45, 7) is -0.665. The Morgan fingerprint density at radius 2 is 2.05 bits per heavy atom. The van der Waals surface area contributed by atoms with E-state index in [9.17, 15) is 18.4 Å². The Kier molecular flexibility index (Phi) is 4.76. The molecule has 1 aliphatic rings. The van der Waals surface area contributed by atoms with E-state index in [1.807, 2.05) is 0 Å². The summed E-state index contributed by atoms with van der Waals surface area (Å²) < 4.78 is 29.1. The highest BCUT2D eigenvalue weighted by Crippen LogP contribution is 2.32. The van der Waals surface area contributed by atoms with Gasteiger partial charge in [-0.05, 0) is 25.8 Å². The number of aliphatic carboxylic acids is 1. The van der Waals surface area contributed by atoms with Crippen LogP contribution in [0.4, 0.5) is 8.78 Å². The van der Waals surface area contributed by atoms with Crippen LogP contribution >= 0.6 is 11.3 Å². The molecule has 2 rings (SSSR count). The van der Waals surface area contributed by atoms with E-state index in [1.165, 1.54) is 11.0 Å². The summed E-state index contributed by atoms with van der Waals surface area (Å²) in [5, 5.41) is 8.92. The summed E-state index contributed by atoms with van der Waals surface area (Å²) in [6, 6.07) is 1.41. The van der Waals surface area contributed by atoms with Gasteiger partial charge in [0.2, 0.25) is 0 Å². The third-order valence-corrected chi connectivity index (χ3v) is 4.38. The Labute approximate surface area is 124 Å². The van der Waals surface area contributed by atoms with Gasteiger partial charge in [0, 0.05) is 18.0 Å². The average Bonchev–Trinajstić information content (AvgIpc) is 2.78. The molecule has 0 aliphatic carbocycles. The average molecular weight is 319 g/mol. The minimum atomic E-state index is -2.98. The van der Waals surface area contributed by atoms with E-state index in [0.717, 1.165) is 11.3 Å². The minimum absolute atomic E-state index is 0.113. The van der Waals surface area contributed by atoms with Crippen LogP contribution in [0, 0.1) is 12.8 Å². The van der Waals surface area contributed by atoms with Crippen LogP contribution in [0.5, 0.6) is 5.75 Å². The van der Waals surface area contributed by atoms with Crippen molar-refractivity contribution in [2.45, 2.75) is 26.4 Å². The first-order valence-corrected chi connectivity index (χ1v) is 7.27. The molecule has 1 amide bonds. The summed E-state index contributed by atoms with van der Waals surface area (Å²) in [4.78, 5) is 25.6. The number of halogens is 2. The lowest BCUT2D eigenvalue weighted by Crippen LogP contribution is -2.40. The molecular formula is C13H15F2NO4S. The van der Waals surface area contributed by atoms with Gasteiger partial charge in [0.1, 0.15) is 10.6 Å². The number of likely N-dealkylation sites (tertiary alicyclic amines) is 1. The van der Waals surface area contributed by atoms with Gasteiger partial charge in [-0.15, -0.1) is 11.3 Å². The van der Waals surface area contributed by atoms with E-state index in [1.54, 1.807) is 6.92 Å². The lowest BCUT2D eigenvalue weighted by molar-refractivity contribution is -0.143. The van der Waals surface area contributed by atoms with E-state index in [0.29, 0.717) is 30.8 Å². The number of carbonyl (C=O) groups excluding carboxylic acids is 1. The highest BCUT2D eigenvalue weighted by molar-refractivity contribution is 7.14. The first-order valence-electron chi connectivity index (χ1n) is 6.45. The van der Waals surface area contributed by atoms with E-state index >= 15 is 0 Å². The van der Waals surface area contributed by atoms with Gasteiger partial charge in [0.25, 0.3) is 5.91 Å². The van der Waals surface area contributed by atoms with Gasteiger partial charge >= 0.3 is 12.6 Å². The normalized spacial score (nSPS) is 16.3. The molecule has 8 heteroatoms. The Bertz CT molecular complexity index is 538. The number of amides is 1.